The molecule has 0 unspecified atom stereocenters. The van der Waals surface area contributed by atoms with Crippen LogP contribution in [-0.4, -0.2) is 33.4 Å². The zero-order valence-electron chi connectivity index (χ0n) is 14.5. The van der Waals surface area contributed by atoms with E-state index in [-0.39, 0.29) is 16.6 Å². The van der Waals surface area contributed by atoms with Gasteiger partial charge in [0.2, 0.25) is 11.1 Å². The second-order valence-corrected chi connectivity index (χ2v) is 7.31. The van der Waals surface area contributed by atoms with Crippen LogP contribution in [0.2, 0.25) is 5.02 Å². The van der Waals surface area contributed by atoms with Crippen molar-refractivity contribution in [3.8, 4) is 17.1 Å². The first-order chi connectivity index (χ1) is 13.0. The Labute approximate surface area is 164 Å². The quantitative estimate of drug-likeness (QED) is 0.593. The molecule has 0 saturated carbocycles. The minimum absolute atomic E-state index is 0.0748. The molecule has 1 heterocycles. The van der Waals surface area contributed by atoms with Crippen molar-refractivity contribution in [1.29, 1.82) is 0 Å². The molecular formula is C18H16ClFN4O2S. The summed E-state index contributed by atoms with van der Waals surface area (Å²) < 4.78 is 18.9. The van der Waals surface area contributed by atoms with Gasteiger partial charge in [-0.15, -0.1) is 5.10 Å². The molecule has 6 nitrogen and oxygen atoms in total. The molecule has 0 aliphatic heterocycles. The van der Waals surface area contributed by atoms with Crippen molar-refractivity contribution in [1.82, 2.24) is 15.2 Å². The van der Waals surface area contributed by atoms with E-state index < -0.39 is 11.1 Å². The number of halogens is 2. The first-order valence-electron chi connectivity index (χ1n) is 7.95. The average Bonchev–Trinajstić information content (AvgIpc) is 3.12. The summed E-state index contributed by atoms with van der Waals surface area (Å²) in [7, 11) is 1.60. The predicted octanol–water partition coefficient (Wildman–Crippen LogP) is 4.39. The number of aromatic nitrogens is 3. The lowest BCUT2D eigenvalue weighted by Crippen LogP contribution is -2.23. The summed E-state index contributed by atoms with van der Waals surface area (Å²) in [6.07, 6.45) is 0. The lowest BCUT2D eigenvalue weighted by molar-refractivity contribution is -0.115. The van der Waals surface area contributed by atoms with Crippen LogP contribution in [0, 0.1) is 5.82 Å². The lowest BCUT2D eigenvalue weighted by atomic mass is 10.2. The van der Waals surface area contributed by atoms with Gasteiger partial charge < -0.3 is 10.1 Å². The highest BCUT2D eigenvalue weighted by atomic mass is 35.5. The Morgan fingerprint density at radius 2 is 2.04 bits per heavy atom. The largest absolute Gasteiger partial charge is 0.497 e. The van der Waals surface area contributed by atoms with Gasteiger partial charge in [0.15, 0.2) is 5.82 Å². The van der Waals surface area contributed by atoms with Crippen LogP contribution >= 0.6 is 23.4 Å². The highest BCUT2D eigenvalue weighted by Crippen LogP contribution is 2.25. The molecule has 1 aromatic heterocycles. The summed E-state index contributed by atoms with van der Waals surface area (Å²) in [5, 5.41) is 9.65. The van der Waals surface area contributed by atoms with E-state index in [9.17, 15) is 9.18 Å². The van der Waals surface area contributed by atoms with Gasteiger partial charge in [-0.1, -0.05) is 23.4 Å². The van der Waals surface area contributed by atoms with Gasteiger partial charge in [-0.3, -0.25) is 9.89 Å². The van der Waals surface area contributed by atoms with E-state index in [1.54, 1.807) is 14.0 Å². The van der Waals surface area contributed by atoms with E-state index in [2.05, 4.69) is 20.5 Å². The minimum atomic E-state index is -0.590. The Balaban J connectivity index is 1.64. The molecule has 0 aliphatic rings. The number of carbonyl (C=O) groups is 1. The number of amides is 1. The topological polar surface area (TPSA) is 79.9 Å². The van der Waals surface area contributed by atoms with E-state index in [0.717, 1.165) is 29.1 Å². The summed E-state index contributed by atoms with van der Waals surface area (Å²) >= 11 is 6.87. The zero-order valence-corrected chi connectivity index (χ0v) is 16.1. The standard InChI is InChI=1S/C18H16ClFN4O2S/c1-10(17(25)21-15-8-5-12(19)9-14(15)20)27-18-22-16(23-24-18)11-3-6-13(26-2)7-4-11/h3-10H,1-2H3,(H,21,25)(H,22,23,24)/t10-/m0/s1. The fraction of sp³-hybridized carbons (Fsp3) is 0.167. The summed E-state index contributed by atoms with van der Waals surface area (Å²) in [5.74, 6) is 0.369. The molecule has 27 heavy (non-hydrogen) atoms. The normalized spacial score (nSPS) is 11.9. The zero-order chi connectivity index (χ0) is 19.4. The molecular weight excluding hydrogens is 391 g/mol. The van der Waals surface area contributed by atoms with Gasteiger partial charge in [0.1, 0.15) is 11.6 Å². The number of nitrogens with zero attached hydrogens (tertiary/aromatic N) is 2. The highest BCUT2D eigenvalue weighted by molar-refractivity contribution is 8.00. The first kappa shape index (κ1) is 19.2. The molecule has 140 valence electrons. The number of aromatic amines is 1. The molecule has 2 aromatic carbocycles. The molecule has 3 rings (SSSR count). The Morgan fingerprint density at radius 1 is 1.30 bits per heavy atom. The van der Waals surface area contributed by atoms with E-state index >= 15 is 0 Å². The third kappa shape index (κ3) is 4.78. The molecule has 1 amide bonds. The van der Waals surface area contributed by atoms with Gasteiger partial charge in [-0.25, -0.2) is 9.37 Å². The number of hydrogen-bond acceptors (Lipinski definition) is 5. The summed E-state index contributed by atoms with van der Waals surface area (Å²) in [5.41, 5.74) is 0.918. The van der Waals surface area contributed by atoms with Crippen molar-refractivity contribution in [3.63, 3.8) is 0 Å². The molecule has 9 heteroatoms. The lowest BCUT2D eigenvalue weighted by Gasteiger charge is -2.10. The van der Waals surface area contributed by atoms with Gasteiger partial charge in [0.05, 0.1) is 18.0 Å². The number of benzene rings is 2. The number of methoxy groups -OCH3 is 1. The number of nitrogens with one attached hydrogen (secondary N) is 2. The number of H-pyrrole nitrogens is 1. The maximum Gasteiger partial charge on any atom is 0.237 e. The van der Waals surface area contributed by atoms with Crippen LogP contribution in [0.1, 0.15) is 6.92 Å². The van der Waals surface area contributed by atoms with E-state index in [1.165, 1.54) is 12.1 Å². The van der Waals surface area contributed by atoms with Gasteiger partial charge in [0, 0.05) is 10.6 Å². The Bertz CT molecular complexity index is 949. The molecule has 2 N–H and O–H groups in total. The number of anilines is 1. The summed E-state index contributed by atoms with van der Waals surface area (Å²) in [6, 6.07) is 11.4. The smallest absolute Gasteiger partial charge is 0.237 e. The predicted molar refractivity (Wildman–Crippen MR) is 104 cm³/mol. The van der Waals surface area contributed by atoms with Crippen LogP contribution in [0.4, 0.5) is 10.1 Å². The van der Waals surface area contributed by atoms with E-state index in [4.69, 9.17) is 16.3 Å². The molecule has 1 atom stereocenters. The minimum Gasteiger partial charge on any atom is -0.497 e. The second-order valence-electron chi connectivity index (χ2n) is 5.57. The van der Waals surface area contributed by atoms with Crippen LogP contribution in [0.5, 0.6) is 5.75 Å². The molecule has 0 fully saturated rings. The number of ether oxygens (including phenoxy) is 1. The Hall–Kier alpha value is -2.58. The molecule has 3 aromatic rings. The third-order valence-electron chi connectivity index (χ3n) is 3.67. The molecule has 0 bridgehead atoms. The monoisotopic (exact) mass is 406 g/mol. The highest BCUT2D eigenvalue weighted by Gasteiger charge is 2.19. The fourth-order valence-electron chi connectivity index (χ4n) is 2.21. The van der Waals surface area contributed by atoms with Crippen LogP contribution in [0.15, 0.2) is 47.6 Å². The molecule has 0 spiro atoms. The van der Waals surface area contributed by atoms with Crippen LogP contribution in [0.25, 0.3) is 11.4 Å². The van der Waals surface area contributed by atoms with E-state index in [0.29, 0.717) is 11.0 Å². The number of thioether (sulfide) groups is 1. The maximum atomic E-state index is 13.8. The number of rotatable bonds is 6. The van der Waals surface area contributed by atoms with Gasteiger partial charge in [0.25, 0.3) is 0 Å². The second kappa shape index (κ2) is 8.41. The van der Waals surface area contributed by atoms with Crippen molar-refractivity contribution in [2.45, 2.75) is 17.3 Å². The first-order valence-corrected chi connectivity index (χ1v) is 9.21. The molecule has 0 saturated heterocycles. The Morgan fingerprint density at radius 3 is 2.70 bits per heavy atom. The van der Waals surface area contributed by atoms with Gasteiger partial charge in [-0.05, 0) is 49.4 Å². The average molecular weight is 407 g/mol. The SMILES string of the molecule is COc1ccc(-c2nc(S[C@@H](C)C(=O)Nc3ccc(Cl)cc3F)n[nH]2)cc1. The van der Waals surface area contributed by atoms with Crippen molar-refractivity contribution in [3.05, 3.63) is 53.3 Å². The van der Waals surface area contributed by atoms with Crippen molar-refractivity contribution < 1.29 is 13.9 Å². The molecule has 0 radical (unpaired) electrons. The summed E-state index contributed by atoms with van der Waals surface area (Å²) in [6.45, 7) is 1.69. The van der Waals surface area contributed by atoms with Gasteiger partial charge >= 0.3 is 0 Å². The summed E-state index contributed by atoms with van der Waals surface area (Å²) in [4.78, 5) is 16.7. The van der Waals surface area contributed by atoms with Crippen molar-refractivity contribution >= 4 is 35.0 Å². The van der Waals surface area contributed by atoms with E-state index in [1.807, 2.05) is 24.3 Å². The van der Waals surface area contributed by atoms with Crippen LogP contribution in [-0.2, 0) is 4.79 Å². The van der Waals surface area contributed by atoms with Crippen LogP contribution < -0.4 is 10.1 Å². The fourth-order valence-corrected chi connectivity index (χ4v) is 3.10. The van der Waals surface area contributed by atoms with Crippen molar-refractivity contribution in [2.24, 2.45) is 0 Å². The number of hydrogen-bond donors (Lipinski definition) is 2. The number of carbonyl (C=O) groups excluding carboxylic acids is 1. The van der Waals surface area contributed by atoms with Gasteiger partial charge in [-0.2, -0.15) is 0 Å². The van der Waals surface area contributed by atoms with Crippen molar-refractivity contribution in [2.75, 3.05) is 12.4 Å². The molecule has 0 aliphatic carbocycles. The van der Waals surface area contributed by atoms with Crippen LogP contribution in [0.3, 0.4) is 0 Å². The third-order valence-corrected chi connectivity index (χ3v) is 4.86. The maximum absolute atomic E-state index is 13.8. The Kier molecular flexibility index (Phi) is 5.98.